The Morgan fingerprint density at radius 2 is 2.26 bits per heavy atom. The smallest absolute Gasteiger partial charge is 0.223 e. The fraction of sp³-hybridized carbons (Fsp3) is 0.846. The molecule has 0 aliphatic carbocycles. The molecule has 0 radical (unpaired) electrons. The highest BCUT2D eigenvalue weighted by Crippen LogP contribution is 2.06. The number of thiocarbonyl (C=S) groups is 1. The molecule has 1 atom stereocenters. The zero-order chi connectivity index (χ0) is 14.3. The van der Waals surface area contributed by atoms with Crippen LogP contribution in [0.15, 0.2) is 0 Å². The van der Waals surface area contributed by atoms with Gasteiger partial charge in [-0.1, -0.05) is 12.2 Å². The summed E-state index contributed by atoms with van der Waals surface area (Å²) in [5.41, 5.74) is 5.44. The van der Waals surface area contributed by atoms with Crippen LogP contribution in [0.1, 0.15) is 26.2 Å². The van der Waals surface area contributed by atoms with Crippen LogP contribution in [0.2, 0.25) is 0 Å². The highest BCUT2D eigenvalue weighted by Gasteiger charge is 2.16. The lowest BCUT2D eigenvalue weighted by atomic mass is 10.3. The van der Waals surface area contributed by atoms with Gasteiger partial charge in [0.15, 0.2) is 0 Å². The Labute approximate surface area is 121 Å². The molecule has 1 saturated heterocycles. The van der Waals surface area contributed by atoms with Crippen LogP contribution < -0.4 is 5.73 Å². The van der Waals surface area contributed by atoms with Gasteiger partial charge in [-0.25, -0.2) is 0 Å². The van der Waals surface area contributed by atoms with Gasteiger partial charge in [0, 0.05) is 52.7 Å². The number of hydrogen-bond donors (Lipinski definition) is 1. The van der Waals surface area contributed by atoms with Gasteiger partial charge in [0.1, 0.15) is 0 Å². The largest absolute Gasteiger partial charge is 0.393 e. The van der Waals surface area contributed by atoms with Crippen LogP contribution in [0, 0.1) is 0 Å². The van der Waals surface area contributed by atoms with Crippen molar-refractivity contribution >= 4 is 23.1 Å². The van der Waals surface area contributed by atoms with Crippen LogP contribution in [0.5, 0.6) is 0 Å². The first kappa shape index (κ1) is 16.3. The van der Waals surface area contributed by atoms with Crippen molar-refractivity contribution in [3.05, 3.63) is 0 Å². The molecule has 0 aromatic rings. The summed E-state index contributed by atoms with van der Waals surface area (Å²) in [6, 6.07) is 0. The molecule has 0 saturated carbocycles. The monoisotopic (exact) mass is 287 g/mol. The van der Waals surface area contributed by atoms with E-state index in [9.17, 15) is 4.79 Å². The molecule has 5 nitrogen and oxygen atoms in total. The van der Waals surface area contributed by atoms with Gasteiger partial charge in [0.05, 0.1) is 11.1 Å². The molecule has 1 unspecified atom stereocenters. The lowest BCUT2D eigenvalue weighted by molar-refractivity contribution is -0.130. The number of nitrogens with two attached hydrogens (primary N) is 1. The van der Waals surface area contributed by atoms with E-state index < -0.39 is 0 Å². The number of nitrogens with zero attached hydrogens (tertiary/aromatic N) is 2. The second-order valence-electron chi connectivity index (χ2n) is 5.12. The van der Waals surface area contributed by atoms with Gasteiger partial charge in [-0.15, -0.1) is 0 Å². The summed E-state index contributed by atoms with van der Waals surface area (Å²) in [7, 11) is 1.80. The maximum Gasteiger partial charge on any atom is 0.223 e. The van der Waals surface area contributed by atoms with Gasteiger partial charge >= 0.3 is 0 Å². The lowest BCUT2D eigenvalue weighted by Gasteiger charge is -2.23. The van der Waals surface area contributed by atoms with Gasteiger partial charge in [0.25, 0.3) is 0 Å². The number of carbonyl (C=O) groups excluding carboxylic acids is 1. The number of carbonyl (C=O) groups is 1. The zero-order valence-corrected chi connectivity index (χ0v) is 12.7. The summed E-state index contributed by atoms with van der Waals surface area (Å²) in [6.07, 6.45) is 2.42. The minimum Gasteiger partial charge on any atom is -0.393 e. The average Bonchev–Trinajstić information content (AvgIpc) is 2.57. The molecule has 19 heavy (non-hydrogen) atoms. The van der Waals surface area contributed by atoms with E-state index in [-0.39, 0.29) is 12.0 Å². The van der Waals surface area contributed by atoms with Crippen molar-refractivity contribution in [1.82, 2.24) is 9.80 Å². The Morgan fingerprint density at radius 3 is 2.95 bits per heavy atom. The molecule has 1 heterocycles. The van der Waals surface area contributed by atoms with Crippen molar-refractivity contribution in [2.75, 3.05) is 39.8 Å². The molecule has 1 rings (SSSR count). The van der Waals surface area contributed by atoms with Crippen LogP contribution in [0.3, 0.4) is 0 Å². The SMILES string of the molecule is CC1CN(CCC(=O)N(C)CCC(N)=S)CCCO1. The Bertz CT molecular complexity index is 312. The minimum atomic E-state index is 0.147. The van der Waals surface area contributed by atoms with E-state index in [1.54, 1.807) is 11.9 Å². The molecule has 1 amide bonds. The summed E-state index contributed by atoms with van der Waals surface area (Å²) in [4.78, 5) is 16.4. The Hall–Kier alpha value is -0.720. The third kappa shape index (κ3) is 6.84. The summed E-state index contributed by atoms with van der Waals surface area (Å²) in [5, 5.41) is 0. The van der Waals surface area contributed by atoms with Crippen LogP contribution >= 0.6 is 12.2 Å². The number of rotatable bonds is 6. The second kappa shape index (κ2) is 8.45. The van der Waals surface area contributed by atoms with E-state index in [4.69, 9.17) is 22.7 Å². The zero-order valence-electron chi connectivity index (χ0n) is 11.9. The van der Waals surface area contributed by atoms with E-state index in [2.05, 4.69) is 11.8 Å². The van der Waals surface area contributed by atoms with Gasteiger partial charge in [0.2, 0.25) is 5.91 Å². The Balaban J connectivity index is 2.26. The summed E-state index contributed by atoms with van der Waals surface area (Å²) in [5.74, 6) is 0.147. The molecule has 1 fully saturated rings. The lowest BCUT2D eigenvalue weighted by Crippen LogP contribution is -2.36. The highest BCUT2D eigenvalue weighted by atomic mass is 32.1. The fourth-order valence-electron chi connectivity index (χ4n) is 2.13. The number of ether oxygens (including phenoxy) is 1. The third-order valence-electron chi connectivity index (χ3n) is 3.30. The van der Waals surface area contributed by atoms with Gasteiger partial charge in [-0.3, -0.25) is 4.79 Å². The van der Waals surface area contributed by atoms with Crippen LogP contribution in [0.4, 0.5) is 0 Å². The molecule has 6 heteroatoms. The van der Waals surface area contributed by atoms with Crippen molar-refractivity contribution in [2.24, 2.45) is 5.73 Å². The molecule has 0 bridgehead atoms. The molecule has 1 aliphatic rings. The maximum atomic E-state index is 11.9. The molecule has 0 aromatic heterocycles. The Morgan fingerprint density at radius 1 is 1.53 bits per heavy atom. The molecule has 0 aromatic carbocycles. The Kier molecular flexibility index (Phi) is 7.27. The summed E-state index contributed by atoms with van der Waals surface area (Å²) < 4.78 is 5.59. The second-order valence-corrected chi connectivity index (χ2v) is 5.64. The van der Waals surface area contributed by atoms with Gasteiger partial charge < -0.3 is 20.3 Å². The van der Waals surface area contributed by atoms with E-state index in [1.807, 2.05) is 0 Å². The molecule has 0 spiro atoms. The van der Waals surface area contributed by atoms with E-state index in [1.165, 1.54) is 0 Å². The first-order valence-electron chi connectivity index (χ1n) is 6.85. The fourth-order valence-corrected chi connectivity index (χ4v) is 2.22. The van der Waals surface area contributed by atoms with Crippen LogP contribution in [-0.2, 0) is 9.53 Å². The first-order chi connectivity index (χ1) is 8.99. The predicted molar refractivity (Wildman–Crippen MR) is 80.1 cm³/mol. The quantitative estimate of drug-likeness (QED) is 0.726. The third-order valence-corrected chi connectivity index (χ3v) is 3.50. The molecule has 1 aliphatic heterocycles. The predicted octanol–water partition coefficient (Wildman–Crippen LogP) is 0.622. The van der Waals surface area contributed by atoms with E-state index in [0.717, 1.165) is 32.7 Å². The van der Waals surface area contributed by atoms with Gasteiger partial charge in [-0.2, -0.15) is 0 Å². The molecule has 110 valence electrons. The normalized spacial score (nSPS) is 20.8. The average molecular weight is 287 g/mol. The number of hydrogen-bond acceptors (Lipinski definition) is 4. The van der Waals surface area contributed by atoms with Crippen molar-refractivity contribution < 1.29 is 9.53 Å². The van der Waals surface area contributed by atoms with Crippen molar-refractivity contribution in [2.45, 2.75) is 32.3 Å². The van der Waals surface area contributed by atoms with E-state index >= 15 is 0 Å². The number of amides is 1. The minimum absolute atomic E-state index is 0.147. The molecule has 2 N–H and O–H groups in total. The standard InChI is InChI=1S/C13H25N3O2S/c1-11-10-16(6-3-9-18-11)8-5-13(17)15(2)7-4-12(14)19/h11H,3-10H2,1-2H3,(H2,14,19). The van der Waals surface area contributed by atoms with Crippen molar-refractivity contribution in [1.29, 1.82) is 0 Å². The van der Waals surface area contributed by atoms with Crippen molar-refractivity contribution in [3.63, 3.8) is 0 Å². The van der Waals surface area contributed by atoms with Gasteiger partial charge in [-0.05, 0) is 13.3 Å². The van der Waals surface area contributed by atoms with Crippen molar-refractivity contribution in [3.8, 4) is 0 Å². The molecular weight excluding hydrogens is 262 g/mol. The van der Waals surface area contributed by atoms with Crippen LogP contribution in [-0.4, -0.2) is 66.6 Å². The first-order valence-corrected chi connectivity index (χ1v) is 7.26. The van der Waals surface area contributed by atoms with Crippen LogP contribution in [0.25, 0.3) is 0 Å². The highest BCUT2D eigenvalue weighted by molar-refractivity contribution is 7.80. The maximum absolute atomic E-state index is 11.9. The summed E-state index contributed by atoms with van der Waals surface area (Å²) in [6.45, 7) is 6.21. The topological polar surface area (TPSA) is 58.8 Å². The summed E-state index contributed by atoms with van der Waals surface area (Å²) >= 11 is 4.81. The molecular formula is C13H25N3O2S. The van der Waals surface area contributed by atoms with E-state index in [0.29, 0.717) is 24.4 Å².